The van der Waals surface area contributed by atoms with E-state index in [0.29, 0.717) is 18.7 Å². The van der Waals surface area contributed by atoms with Crippen LogP contribution in [0.15, 0.2) is 54.6 Å². The molecule has 8 heteroatoms. The molecule has 7 nitrogen and oxygen atoms in total. The fourth-order valence-corrected chi connectivity index (χ4v) is 3.31. The molecule has 28 heavy (non-hydrogen) atoms. The first kappa shape index (κ1) is 19.6. The first-order chi connectivity index (χ1) is 13.5. The van der Waals surface area contributed by atoms with E-state index in [0.717, 1.165) is 16.3 Å². The molecule has 1 heterocycles. The van der Waals surface area contributed by atoms with Gasteiger partial charge in [0.25, 0.3) is 5.91 Å². The van der Waals surface area contributed by atoms with Crippen LogP contribution in [0.2, 0.25) is 0 Å². The maximum absolute atomic E-state index is 13.1. The van der Waals surface area contributed by atoms with Gasteiger partial charge < -0.3 is 15.4 Å². The average Bonchev–Trinajstić information content (AvgIpc) is 2.95. The van der Waals surface area contributed by atoms with Crippen molar-refractivity contribution in [1.82, 2.24) is 15.8 Å². The van der Waals surface area contributed by atoms with Gasteiger partial charge in [-0.05, 0) is 55.4 Å². The van der Waals surface area contributed by atoms with Crippen molar-refractivity contribution in [3.05, 3.63) is 60.2 Å². The molecule has 3 amide bonds. The molecule has 0 radical (unpaired) electrons. The van der Waals surface area contributed by atoms with Crippen LogP contribution in [-0.4, -0.2) is 28.7 Å². The quantitative estimate of drug-likeness (QED) is 0.512. The summed E-state index contributed by atoms with van der Waals surface area (Å²) in [6.45, 7) is 4.35. The van der Waals surface area contributed by atoms with E-state index in [1.165, 1.54) is 0 Å². The Morgan fingerprint density at radius 3 is 2.39 bits per heavy atom. The number of nitrogens with zero attached hydrogens (tertiary/aromatic N) is 1. The number of urea groups is 1. The molecule has 0 aromatic heterocycles. The van der Waals surface area contributed by atoms with Crippen LogP contribution in [0.5, 0.6) is 5.75 Å². The van der Waals surface area contributed by atoms with Crippen molar-refractivity contribution in [2.45, 2.75) is 25.8 Å². The molecular formula is C20H22N4O3S. The second kappa shape index (κ2) is 8.26. The SMILES string of the molecule is CCOc1ccc(NC(=S)NN2C(=O)N[C@@](CC)(c3ccccc3)C2=O)cc1. The predicted octanol–water partition coefficient (Wildman–Crippen LogP) is 3.14. The standard InChI is InChI=1S/C20H22N4O3S/c1-3-20(14-8-6-5-7-9-14)17(25)24(19(26)22-20)23-18(28)21-15-10-12-16(13-11-15)27-4-2/h5-13H,3-4H2,1-2H3,(H,22,26)(H2,21,23,28)/t20-/m0/s1. The Labute approximate surface area is 169 Å². The number of hydrazine groups is 1. The zero-order chi connectivity index (χ0) is 20.1. The van der Waals surface area contributed by atoms with Gasteiger partial charge in [0.05, 0.1) is 6.61 Å². The minimum atomic E-state index is -1.11. The minimum Gasteiger partial charge on any atom is -0.494 e. The van der Waals surface area contributed by atoms with Gasteiger partial charge in [0, 0.05) is 5.69 Å². The zero-order valence-corrected chi connectivity index (χ0v) is 16.5. The fourth-order valence-electron chi connectivity index (χ4n) is 3.10. The number of carbonyl (C=O) groups excluding carboxylic acids is 2. The lowest BCUT2D eigenvalue weighted by atomic mass is 9.87. The predicted molar refractivity (Wildman–Crippen MR) is 111 cm³/mol. The number of rotatable bonds is 6. The fraction of sp³-hybridized carbons (Fsp3) is 0.250. The van der Waals surface area contributed by atoms with E-state index in [4.69, 9.17) is 17.0 Å². The number of carbonyl (C=O) groups is 2. The molecule has 1 aliphatic heterocycles. The van der Waals surface area contributed by atoms with Gasteiger partial charge >= 0.3 is 6.03 Å². The van der Waals surface area contributed by atoms with E-state index >= 15 is 0 Å². The molecule has 3 rings (SSSR count). The Hall–Kier alpha value is -3.13. The Bertz CT molecular complexity index is 873. The number of nitrogens with one attached hydrogen (secondary N) is 3. The molecule has 1 fully saturated rings. The van der Waals surface area contributed by atoms with E-state index in [9.17, 15) is 9.59 Å². The summed E-state index contributed by atoms with van der Waals surface area (Å²) in [6, 6.07) is 15.8. The van der Waals surface area contributed by atoms with Crippen LogP contribution in [0.3, 0.4) is 0 Å². The van der Waals surface area contributed by atoms with Crippen molar-refractivity contribution in [3.8, 4) is 5.75 Å². The highest BCUT2D eigenvalue weighted by Crippen LogP contribution is 2.31. The van der Waals surface area contributed by atoms with E-state index in [2.05, 4.69) is 16.1 Å². The van der Waals surface area contributed by atoms with Crippen molar-refractivity contribution in [3.63, 3.8) is 0 Å². The van der Waals surface area contributed by atoms with Crippen molar-refractivity contribution in [2.24, 2.45) is 0 Å². The molecule has 1 aliphatic rings. The average molecular weight is 398 g/mol. The number of hydrogen-bond donors (Lipinski definition) is 3. The van der Waals surface area contributed by atoms with Crippen LogP contribution < -0.4 is 20.8 Å². The molecule has 0 aliphatic carbocycles. The summed E-state index contributed by atoms with van der Waals surface area (Å²) in [5.74, 6) is 0.346. The number of imide groups is 1. The Kier molecular flexibility index (Phi) is 5.79. The first-order valence-corrected chi connectivity index (χ1v) is 9.43. The molecule has 0 bridgehead atoms. The molecule has 3 N–H and O–H groups in total. The Morgan fingerprint density at radius 1 is 1.11 bits per heavy atom. The number of benzene rings is 2. The molecule has 1 saturated heterocycles. The number of anilines is 1. The van der Waals surface area contributed by atoms with Gasteiger partial charge in [0.15, 0.2) is 5.11 Å². The number of hydrogen-bond acceptors (Lipinski definition) is 4. The lowest BCUT2D eigenvalue weighted by Crippen LogP contribution is -2.49. The third-order valence-corrected chi connectivity index (χ3v) is 4.72. The first-order valence-electron chi connectivity index (χ1n) is 9.03. The van der Waals surface area contributed by atoms with Crippen molar-refractivity contribution >= 4 is 35.0 Å². The number of amides is 3. The second-order valence-electron chi connectivity index (χ2n) is 6.22. The van der Waals surface area contributed by atoms with Crippen LogP contribution in [-0.2, 0) is 10.3 Å². The van der Waals surface area contributed by atoms with Gasteiger partial charge in [-0.1, -0.05) is 37.3 Å². The maximum Gasteiger partial charge on any atom is 0.344 e. The summed E-state index contributed by atoms with van der Waals surface area (Å²) in [6.07, 6.45) is 0.416. The van der Waals surface area contributed by atoms with Crippen LogP contribution in [0.4, 0.5) is 10.5 Å². The lowest BCUT2D eigenvalue weighted by molar-refractivity contribution is -0.133. The monoisotopic (exact) mass is 398 g/mol. The number of thiocarbonyl (C=S) groups is 1. The normalized spacial score (nSPS) is 18.6. The lowest BCUT2D eigenvalue weighted by Gasteiger charge is -2.25. The van der Waals surface area contributed by atoms with Crippen molar-refractivity contribution < 1.29 is 14.3 Å². The topological polar surface area (TPSA) is 82.7 Å². The number of ether oxygens (including phenoxy) is 1. The summed E-state index contributed by atoms with van der Waals surface area (Å²) in [5, 5.41) is 6.80. The highest BCUT2D eigenvalue weighted by Gasteiger charge is 2.51. The molecule has 146 valence electrons. The summed E-state index contributed by atoms with van der Waals surface area (Å²) in [4.78, 5) is 25.5. The van der Waals surface area contributed by atoms with Crippen LogP contribution in [0.1, 0.15) is 25.8 Å². The van der Waals surface area contributed by atoms with Crippen LogP contribution in [0.25, 0.3) is 0 Å². The summed E-state index contributed by atoms with van der Waals surface area (Å²) >= 11 is 5.26. The van der Waals surface area contributed by atoms with E-state index in [1.54, 1.807) is 24.3 Å². The van der Waals surface area contributed by atoms with Crippen molar-refractivity contribution in [1.29, 1.82) is 0 Å². The summed E-state index contributed by atoms with van der Waals surface area (Å²) in [7, 11) is 0. The molecule has 1 atom stereocenters. The van der Waals surface area contributed by atoms with Gasteiger partial charge in [0.1, 0.15) is 11.3 Å². The molecule has 2 aromatic rings. The zero-order valence-electron chi connectivity index (χ0n) is 15.7. The van der Waals surface area contributed by atoms with Gasteiger partial charge in [0.2, 0.25) is 0 Å². The van der Waals surface area contributed by atoms with Crippen LogP contribution >= 0.6 is 12.2 Å². The minimum absolute atomic E-state index is 0.132. The van der Waals surface area contributed by atoms with Gasteiger partial charge in [-0.2, -0.15) is 5.01 Å². The van der Waals surface area contributed by atoms with Crippen LogP contribution in [0, 0.1) is 0 Å². The van der Waals surface area contributed by atoms with E-state index in [1.807, 2.05) is 44.2 Å². The maximum atomic E-state index is 13.1. The molecular weight excluding hydrogens is 376 g/mol. The Balaban J connectivity index is 1.71. The van der Waals surface area contributed by atoms with E-state index < -0.39 is 17.5 Å². The van der Waals surface area contributed by atoms with Crippen molar-refractivity contribution in [2.75, 3.05) is 11.9 Å². The molecule has 0 spiro atoms. The highest BCUT2D eigenvalue weighted by molar-refractivity contribution is 7.80. The third kappa shape index (κ3) is 3.77. The summed E-state index contributed by atoms with van der Waals surface area (Å²) < 4.78 is 5.40. The molecule has 0 unspecified atom stereocenters. The molecule has 2 aromatic carbocycles. The smallest absolute Gasteiger partial charge is 0.344 e. The highest BCUT2D eigenvalue weighted by atomic mass is 32.1. The van der Waals surface area contributed by atoms with Gasteiger partial charge in [-0.3, -0.25) is 10.2 Å². The largest absolute Gasteiger partial charge is 0.494 e. The Morgan fingerprint density at radius 2 is 1.79 bits per heavy atom. The van der Waals surface area contributed by atoms with Gasteiger partial charge in [-0.25, -0.2) is 4.79 Å². The van der Waals surface area contributed by atoms with Gasteiger partial charge in [-0.15, -0.1) is 0 Å². The second-order valence-corrected chi connectivity index (χ2v) is 6.63. The summed E-state index contributed by atoms with van der Waals surface area (Å²) in [5.41, 5.74) is 3.01. The van der Waals surface area contributed by atoms with E-state index in [-0.39, 0.29) is 5.11 Å². The molecule has 0 saturated carbocycles. The third-order valence-electron chi connectivity index (χ3n) is 4.53.